The van der Waals surface area contributed by atoms with E-state index in [1.54, 1.807) is 0 Å². The Morgan fingerprint density at radius 2 is 2.33 bits per heavy atom. The van der Waals surface area contributed by atoms with Crippen LogP contribution < -0.4 is 5.32 Å². The Bertz CT molecular complexity index is 612. The molecule has 5 nitrogen and oxygen atoms in total. The third kappa shape index (κ3) is 2.56. The van der Waals surface area contributed by atoms with E-state index in [9.17, 15) is 0 Å². The summed E-state index contributed by atoms with van der Waals surface area (Å²) >= 11 is 0. The maximum atomic E-state index is 5.56. The van der Waals surface area contributed by atoms with Crippen LogP contribution in [0.4, 0.5) is 0 Å². The number of aromatic nitrogens is 3. The molecule has 112 valence electrons. The molecule has 5 heteroatoms. The van der Waals surface area contributed by atoms with Crippen molar-refractivity contribution in [1.29, 1.82) is 0 Å². The molecule has 0 saturated carbocycles. The van der Waals surface area contributed by atoms with Crippen molar-refractivity contribution in [2.45, 2.75) is 44.2 Å². The van der Waals surface area contributed by atoms with Gasteiger partial charge >= 0.3 is 0 Å². The van der Waals surface area contributed by atoms with Gasteiger partial charge in [-0.2, -0.15) is 0 Å². The summed E-state index contributed by atoms with van der Waals surface area (Å²) in [4.78, 5) is 9.42. The quantitative estimate of drug-likeness (QED) is 0.938. The first-order valence-electron chi connectivity index (χ1n) is 8.04. The number of imidazole rings is 1. The van der Waals surface area contributed by atoms with Crippen LogP contribution in [0.5, 0.6) is 0 Å². The lowest BCUT2D eigenvalue weighted by atomic mass is 10.0. The zero-order chi connectivity index (χ0) is 14.1. The number of nitrogens with one attached hydrogen (secondary N) is 1. The van der Waals surface area contributed by atoms with Gasteiger partial charge in [0.05, 0.1) is 6.61 Å². The second-order valence-electron chi connectivity index (χ2n) is 6.13. The number of ether oxygens (including phenoxy) is 1. The Hall–Kier alpha value is -1.46. The minimum absolute atomic E-state index is 0.419. The molecule has 2 atom stereocenters. The second-order valence-corrected chi connectivity index (χ2v) is 6.13. The van der Waals surface area contributed by atoms with Crippen molar-refractivity contribution >= 4 is 11.2 Å². The number of pyridine rings is 1. The molecular weight excluding hydrogens is 264 g/mol. The van der Waals surface area contributed by atoms with Crippen molar-refractivity contribution in [3.8, 4) is 0 Å². The maximum Gasteiger partial charge on any atom is 0.160 e. The molecule has 2 unspecified atom stereocenters. The van der Waals surface area contributed by atoms with Gasteiger partial charge in [-0.25, -0.2) is 9.97 Å². The van der Waals surface area contributed by atoms with Crippen LogP contribution in [0, 0.1) is 0 Å². The molecular formula is C16H22N4O. The van der Waals surface area contributed by atoms with Gasteiger partial charge in [0.25, 0.3) is 0 Å². The molecule has 2 aromatic rings. The number of rotatable bonds is 3. The SMILES string of the molecule is c1cnc2c(c1)nc(C1CCOC1)n2CC1CCCCN1. The molecule has 2 fully saturated rings. The molecule has 0 bridgehead atoms. The predicted molar refractivity (Wildman–Crippen MR) is 81.3 cm³/mol. The average Bonchev–Trinajstić information content (AvgIpc) is 3.16. The molecule has 0 aromatic carbocycles. The minimum Gasteiger partial charge on any atom is -0.381 e. The number of hydrogen-bond acceptors (Lipinski definition) is 4. The van der Waals surface area contributed by atoms with E-state index in [0.717, 1.165) is 49.7 Å². The Kier molecular flexibility index (Phi) is 3.61. The molecule has 2 saturated heterocycles. The molecule has 4 heterocycles. The summed E-state index contributed by atoms with van der Waals surface area (Å²) in [6.07, 6.45) is 6.79. The number of piperidine rings is 1. The summed E-state index contributed by atoms with van der Waals surface area (Å²) in [6, 6.07) is 4.57. The van der Waals surface area contributed by atoms with E-state index < -0.39 is 0 Å². The maximum absolute atomic E-state index is 5.56. The standard InChI is InChI=1S/C16H22N4O/c1-2-7-17-13(4-1)10-20-15(12-6-9-21-11-12)19-14-5-3-8-18-16(14)20/h3,5,8,12-13,17H,1-2,4,6-7,9-11H2. The van der Waals surface area contributed by atoms with Crippen LogP contribution in [0.2, 0.25) is 0 Å². The molecule has 2 aliphatic heterocycles. The Morgan fingerprint density at radius 1 is 1.33 bits per heavy atom. The van der Waals surface area contributed by atoms with Crippen LogP contribution in [0.1, 0.15) is 37.4 Å². The third-order valence-electron chi connectivity index (χ3n) is 4.64. The number of nitrogens with zero attached hydrogens (tertiary/aromatic N) is 3. The van der Waals surface area contributed by atoms with Crippen LogP contribution in [-0.2, 0) is 11.3 Å². The molecule has 1 N–H and O–H groups in total. The molecule has 0 radical (unpaired) electrons. The fourth-order valence-electron chi connectivity index (χ4n) is 3.51. The molecule has 2 aliphatic rings. The van der Waals surface area contributed by atoms with Crippen molar-refractivity contribution < 1.29 is 4.74 Å². The zero-order valence-corrected chi connectivity index (χ0v) is 12.3. The Labute approximate surface area is 124 Å². The van der Waals surface area contributed by atoms with Crippen molar-refractivity contribution in [3.63, 3.8) is 0 Å². The van der Waals surface area contributed by atoms with Gasteiger partial charge in [-0.1, -0.05) is 6.42 Å². The predicted octanol–water partition coefficient (Wildman–Crippen LogP) is 2.08. The zero-order valence-electron chi connectivity index (χ0n) is 12.3. The first-order valence-corrected chi connectivity index (χ1v) is 8.04. The van der Waals surface area contributed by atoms with E-state index in [2.05, 4.69) is 20.9 Å². The van der Waals surface area contributed by atoms with Crippen molar-refractivity contribution in [1.82, 2.24) is 19.9 Å². The fourth-order valence-corrected chi connectivity index (χ4v) is 3.51. The molecule has 0 amide bonds. The molecule has 21 heavy (non-hydrogen) atoms. The second kappa shape index (κ2) is 5.73. The Morgan fingerprint density at radius 3 is 3.14 bits per heavy atom. The monoisotopic (exact) mass is 286 g/mol. The minimum atomic E-state index is 0.419. The van der Waals surface area contributed by atoms with Gasteiger partial charge in [0, 0.05) is 31.3 Å². The highest BCUT2D eigenvalue weighted by molar-refractivity contribution is 5.71. The van der Waals surface area contributed by atoms with Gasteiger partial charge in [0.1, 0.15) is 11.3 Å². The number of hydrogen-bond donors (Lipinski definition) is 1. The fraction of sp³-hybridized carbons (Fsp3) is 0.625. The van der Waals surface area contributed by atoms with E-state index >= 15 is 0 Å². The number of fused-ring (bicyclic) bond motifs is 1. The van der Waals surface area contributed by atoms with Gasteiger partial charge in [-0.3, -0.25) is 0 Å². The average molecular weight is 286 g/mol. The van der Waals surface area contributed by atoms with Crippen LogP contribution in [0.15, 0.2) is 18.3 Å². The lowest BCUT2D eigenvalue weighted by molar-refractivity contribution is 0.192. The van der Waals surface area contributed by atoms with E-state index in [1.165, 1.54) is 19.3 Å². The Balaban J connectivity index is 1.70. The smallest absolute Gasteiger partial charge is 0.160 e. The third-order valence-corrected chi connectivity index (χ3v) is 4.64. The highest BCUT2D eigenvalue weighted by Gasteiger charge is 2.26. The van der Waals surface area contributed by atoms with Gasteiger partial charge in [-0.15, -0.1) is 0 Å². The summed E-state index contributed by atoms with van der Waals surface area (Å²) in [5, 5.41) is 3.63. The van der Waals surface area contributed by atoms with Crippen molar-refractivity contribution in [2.75, 3.05) is 19.8 Å². The largest absolute Gasteiger partial charge is 0.381 e. The summed E-state index contributed by atoms with van der Waals surface area (Å²) in [7, 11) is 0. The molecule has 0 spiro atoms. The van der Waals surface area contributed by atoms with Gasteiger partial charge in [0.2, 0.25) is 0 Å². The van der Waals surface area contributed by atoms with E-state index in [1.807, 2.05) is 12.3 Å². The lowest BCUT2D eigenvalue weighted by Crippen LogP contribution is -2.37. The summed E-state index contributed by atoms with van der Waals surface area (Å²) < 4.78 is 7.89. The summed E-state index contributed by atoms with van der Waals surface area (Å²) in [6.45, 7) is 3.75. The first-order chi connectivity index (χ1) is 10.4. The van der Waals surface area contributed by atoms with E-state index in [-0.39, 0.29) is 0 Å². The van der Waals surface area contributed by atoms with Crippen LogP contribution in [0.25, 0.3) is 11.2 Å². The highest BCUT2D eigenvalue weighted by Crippen LogP contribution is 2.28. The normalized spacial score (nSPS) is 26.5. The topological polar surface area (TPSA) is 52.0 Å². The first kappa shape index (κ1) is 13.2. The molecule has 0 aliphatic carbocycles. The molecule has 2 aromatic heterocycles. The lowest BCUT2D eigenvalue weighted by Gasteiger charge is -2.25. The van der Waals surface area contributed by atoms with Gasteiger partial charge in [-0.05, 0) is 37.9 Å². The van der Waals surface area contributed by atoms with Crippen LogP contribution in [0.3, 0.4) is 0 Å². The van der Waals surface area contributed by atoms with E-state index in [4.69, 9.17) is 9.72 Å². The van der Waals surface area contributed by atoms with Crippen LogP contribution in [-0.4, -0.2) is 40.3 Å². The van der Waals surface area contributed by atoms with Gasteiger partial charge < -0.3 is 14.6 Å². The summed E-state index contributed by atoms with van der Waals surface area (Å²) in [5.41, 5.74) is 2.03. The van der Waals surface area contributed by atoms with Crippen molar-refractivity contribution in [2.24, 2.45) is 0 Å². The van der Waals surface area contributed by atoms with E-state index in [0.29, 0.717) is 12.0 Å². The van der Waals surface area contributed by atoms with Gasteiger partial charge in [0.15, 0.2) is 5.65 Å². The highest BCUT2D eigenvalue weighted by atomic mass is 16.5. The van der Waals surface area contributed by atoms with Crippen LogP contribution >= 0.6 is 0 Å². The molecule has 4 rings (SSSR count). The summed E-state index contributed by atoms with van der Waals surface area (Å²) in [5.74, 6) is 1.58. The van der Waals surface area contributed by atoms with Crippen molar-refractivity contribution in [3.05, 3.63) is 24.2 Å².